The second-order valence-corrected chi connectivity index (χ2v) is 20.3. The van der Waals surface area contributed by atoms with Crippen LogP contribution in [0.15, 0.2) is 194 Å². The van der Waals surface area contributed by atoms with Crippen molar-refractivity contribution < 1.29 is 4.74 Å². The van der Waals surface area contributed by atoms with Crippen LogP contribution in [0, 0.1) is 0 Å². The zero-order valence-corrected chi connectivity index (χ0v) is 39.4. The third-order valence-corrected chi connectivity index (χ3v) is 13.3. The van der Waals surface area contributed by atoms with E-state index in [0.29, 0.717) is 6.67 Å². The van der Waals surface area contributed by atoms with Crippen LogP contribution in [-0.2, 0) is 16.2 Å². The van der Waals surface area contributed by atoms with Gasteiger partial charge in [0.05, 0.1) is 23.4 Å². The van der Waals surface area contributed by atoms with E-state index in [9.17, 15) is 0 Å². The lowest BCUT2D eigenvalue weighted by Crippen LogP contribution is -2.27. The zero-order chi connectivity index (χ0) is 45.8. The molecule has 1 aliphatic rings. The average molecular weight is 863 g/mol. The van der Waals surface area contributed by atoms with Gasteiger partial charge in [0, 0.05) is 52.1 Å². The molecule has 0 saturated carbocycles. The molecule has 328 valence electrons. The van der Waals surface area contributed by atoms with Gasteiger partial charge in [-0.25, -0.2) is 4.98 Å². The number of aromatic nitrogens is 2. The van der Waals surface area contributed by atoms with Crippen molar-refractivity contribution in [3.63, 3.8) is 0 Å². The maximum absolute atomic E-state index is 7.13. The summed E-state index contributed by atoms with van der Waals surface area (Å²) >= 11 is 0. The first-order chi connectivity index (χ1) is 31.7. The van der Waals surface area contributed by atoms with E-state index in [-0.39, 0.29) is 16.2 Å². The number of anilines is 2. The first kappa shape index (κ1) is 42.6. The Hall–Kier alpha value is -7.37. The molecular formula is C61H58N4O. The normalized spacial score (nSPS) is 13.4. The second-order valence-electron chi connectivity index (χ2n) is 20.3. The highest BCUT2D eigenvalue weighted by atomic mass is 16.5. The van der Waals surface area contributed by atoms with Crippen LogP contribution in [0.4, 0.5) is 11.4 Å². The zero-order valence-electron chi connectivity index (χ0n) is 39.4. The predicted molar refractivity (Wildman–Crippen MR) is 277 cm³/mol. The van der Waals surface area contributed by atoms with Gasteiger partial charge in [0.25, 0.3) is 0 Å². The van der Waals surface area contributed by atoms with Crippen LogP contribution in [0.3, 0.4) is 0 Å². The molecule has 0 atom stereocenters. The number of benzene rings is 7. The summed E-state index contributed by atoms with van der Waals surface area (Å²) in [4.78, 5) is 9.79. The quantitative estimate of drug-likeness (QED) is 0.145. The summed E-state index contributed by atoms with van der Waals surface area (Å²) in [6.45, 7) is 18.8. The van der Waals surface area contributed by atoms with Crippen molar-refractivity contribution in [1.82, 2.24) is 9.55 Å². The minimum atomic E-state index is -0.330. The Bertz CT molecular complexity index is 3240. The van der Waals surface area contributed by atoms with E-state index in [1.165, 1.54) is 33.2 Å². The molecule has 1 aliphatic heterocycles. The molecule has 0 radical (unpaired) electrons. The van der Waals surface area contributed by atoms with E-state index < -0.39 is 0 Å². The third-order valence-electron chi connectivity index (χ3n) is 13.3. The Balaban J connectivity index is 1.12. The fourth-order valence-corrected chi connectivity index (χ4v) is 9.30. The molecule has 7 aromatic carbocycles. The van der Waals surface area contributed by atoms with Crippen LogP contribution in [0.25, 0.3) is 44.4 Å². The van der Waals surface area contributed by atoms with Crippen molar-refractivity contribution in [2.75, 3.05) is 16.5 Å². The van der Waals surface area contributed by atoms with Gasteiger partial charge in [0.2, 0.25) is 0 Å². The van der Waals surface area contributed by atoms with E-state index in [1.54, 1.807) is 0 Å². The number of fused-ring (bicyclic) bond motifs is 3. The van der Waals surface area contributed by atoms with Gasteiger partial charge in [0.15, 0.2) is 0 Å². The third kappa shape index (κ3) is 8.15. The first-order valence-electron chi connectivity index (χ1n) is 23.1. The van der Waals surface area contributed by atoms with Gasteiger partial charge in [-0.3, -0.25) is 4.57 Å². The van der Waals surface area contributed by atoms with Crippen molar-refractivity contribution in [2.24, 2.45) is 0 Å². The lowest BCUT2D eigenvalue weighted by Gasteiger charge is -2.30. The summed E-state index contributed by atoms with van der Waals surface area (Å²) in [5.41, 5.74) is 13.6. The molecule has 5 nitrogen and oxygen atoms in total. The first-order valence-corrected chi connectivity index (χ1v) is 23.1. The van der Waals surface area contributed by atoms with Crippen LogP contribution in [-0.4, -0.2) is 16.2 Å². The van der Waals surface area contributed by atoms with Crippen LogP contribution in [0.5, 0.6) is 11.5 Å². The van der Waals surface area contributed by atoms with Crippen molar-refractivity contribution in [3.8, 4) is 28.4 Å². The van der Waals surface area contributed by atoms with E-state index in [1.807, 2.05) is 6.20 Å². The number of pyridine rings is 1. The molecule has 3 heterocycles. The van der Waals surface area contributed by atoms with E-state index in [0.717, 1.165) is 61.9 Å². The predicted octanol–water partition coefficient (Wildman–Crippen LogP) is 15.8. The molecule has 0 amide bonds. The molecule has 10 rings (SSSR count). The number of hydrogen-bond acceptors (Lipinski definition) is 4. The van der Waals surface area contributed by atoms with Gasteiger partial charge in [-0.05, 0) is 110 Å². The highest BCUT2D eigenvalue weighted by Crippen LogP contribution is 2.43. The van der Waals surface area contributed by atoms with Gasteiger partial charge in [0.1, 0.15) is 17.3 Å². The number of nitrogens with zero attached hydrogens (tertiary/aromatic N) is 4. The van der Waals surface area contributed by atoms with Crippen LogP contribution >= 0.6 is 0 Å². The summed E-state index contributed by atoms with van der Waals surface area (Å²) in [5.74, 6) is 2.41. The molecule has 0 spiro atoms. The Labute approximate surface area is 390 Å². The molecule has 2 aromatic heterocycles. The second kappa shape index (κ2) is 16.6. The van der Waals surface area contributed by atoms with Crippen molar-refractivity contribution in [1.29, 1.82) is 0 Å². The van der Waals surface area contributed by atoms with Crippen LogP contribution in [0.2, 0.25) is 0 Å². The topological polar surface area (TPSA) is 33.5 Å². The average Bonchev–Trinajstić information content (AvgIpc) is 3.92. The lowest BCUT2D eigenvalue weighted by molar-refractivity contribution is 0.480. The Morgan fingerprint density at radius 2 is 1.11 bits per heavy atom. The summed E-state index contributed by atoms with van der Waals surface area (Å²) in [6.07, 6.45) is 4.23. The van der Waals surface area contributed by atoms with Gasteiger partial charge >= 0.3 is 0 Å². The highest BCUT2D eigenvalue weighted by molar-refractivity contribution is 6.10. The number of hydrogen-bond donors (Lipinski definition) is 0. The molecule has 0 N–H and O–H groups in total. The smallest absolute Gasteiger partial charge is 0.137 e. The standard InChI is InChI=1S/C61H58N4O/c1-59(2,3)46-25-18-26-49(34-46)63-40-57(43-21-14-10-15-22-43)64(41-63)50-35-48(61(7,8)45-23-16-11-17-24-45)36-52(38-50)66-51-28-29-53-54-33-44(42-19-12-9-13-20-42)27-30-55(54)65(56(53)39-51)58-37-47(31-32-62-58)60(4,5)6/h9-40H,41H2,1-8H3. The largest absolute Gasteiger partial charge is 0.457 e. The molecular weight excluding hydrogens is 805 g/mol. The molecule has 66 heavy (non-hydrogen) atoms. The summed E-state index contributed by atoms with van der Waals surface area (Å²) < 4.78 is 9.43. The molecule has 5 heteroatoms. The minimum absolute atomic E-state index is 0.0282. The summed E-state index contributed by atoms with van der Waals surface area (Å²) in [7, 11) is 0. The molecule has 0 bridgehead atoms. The van der Waals surface area contributed by atoms with E-state index in [2.05, 4.69) is 258 Å². The molecule has 0 saturated heterocycles. The molecule has 9 aromatic rings. The Morgan fingerprint density at radius 3 is 1.82 bits per heavy atom. The molecule has 0 fully saturated rings. The SMILES string of the molecule is CC(C)(C)c1cccc(N2C=C(c3ccccc3)N(c3cc(Oc4ccc5c6cc(-c7ccccc7)ccc6n(-c6cc(C(C)(C)C)ccn6)c5c4)cc(C(C)(C)c4ccccc4)c3)C2)c1. The Morgan fingerprint density at radius 1 is 0.455 bits per heavy atom. The maximum Gasteiger partial charge on any atom is 0.137 e. The summed E-state index contributed by atoms with van der Waals surface area (Å²) in [6, 6.07) is 65.5. The van der Waals surface area contributed by atoms with Crippen molar-refractivity contribution >= 4 is 38.9 Å². The van der Waals surface area contributed by atoms with Crippen molar-refractivity contribution in [3.05, 3.63) is 222 Å². The Kier molecular flexibility index (Phi) is 10.7. The van der Waals surface area contributed by atoms with Crippen molar-refractivity contribution in [2.45, 2.75) is 71.6 Å². The monoisotopic (exact) mass is 862 g/mol. The van der Waals surface area contributed by atoms with Gasteiger partial charge in [-0.2, -0.15) is 0 Å². The summed E-state index contributed by atoms with van der Waals surface area (Å²) in [5, 5.41) is 2.31. The van der Waals surface area contributed by atoms with E-state index in [4.69, 9.17) is 9.72 Å². The maximum atomic E-state index is 7.13. The van der Waals surface area contributed by atoms with Crippen LogP contribution in [0.1, 0.15) is 83.2 Å². The number of ether oxygens (including phenoxy) is 1. The highest BCUT2D eigenvalue weighted by Gasteiger charge is 2.30. The van der Waals surface area contributed by atoms with Gasteiger partial charge < -0.3 is 14.5 Å². The number of rotatable bonds is 9. The molecule has 0 aliphatic carbocycles. The fraction of sp³-hybridized carbons (Fsp3) is 0.197. The molecule has 0 unspecified atom stereocenters. The minimum Gasteiger partial charge on any atom is -0.457 e. The lowest BCUT2D eigenvalue weighted by atomic mass is 9.78. The van der Waals surface area contributed by atoms with Gasteiger partial charge in [-0.1, -0.05) is 165 Å². The van der Waals surface area contributed by atoms with E-state index >= 15 is 0 Å². The fourth-order valence-electron chi connectivity index (χ4n) is 9.30. The van der Waals surface area contributed by atoms with Gasteiger partial charge in [-0.15, -0.1) is 0 Å². The van der Waals surface area contributed by atoms with Crippen LogP contribution < -0.4 is 14.5 Å².